The van der Waals surface area contributed by atoms with Gasteiger partial charge >= 0.3 is 0 Å². The van der Waals surface area contributed by atoms with Crippen LogP contribution in [0.4, 0.5) is 0 Å². The van der Waals surface area contributed by atoms with Gasteiger partial charge in [-0.3, -0.25) is 0 Å². The summed E-state index contributed by atoms with van der Waals surface area (Å²) in [5, 5.41) is 4.92. The Morgan fingerprint density at radius 3 is 2.70 bits per heavy atom. The van der Waals surface area contributed by atoms with Crippen molar-refractivity contribution in [1.29, 1.82) is 0 Å². The van der Waals surface area contributed by atoms with E-state index in [1.54, 1.807) is 0 Å². The quantitative estimate of drug-likeness (QED) is 0.722. The van der Waals surface area contributed by atoms with Crippen LogP contribution < -0.4 is 5.32 Å². The van der Waals surface area contributed by atoms with E-state index in [-0.39, 0.29) is 0 Å². The summed E-state index contributed by atoms with van der Waals surface area (Å²) < 4.78 is 0. The third kappa shape index (κ3) is 3.18. The van der Waals surface area contributed by atoms with Crippen molar-refractivity contribution in [3.8, 4) is 0 Å². The summed E-state index contributed by atoms with van der Waals surface area (Å²) in [6.45, 7) is 2.30. The van der Waals surface area contributed by atoms with Gasteiger partial charge in [0.15, 0.2) is 0 Å². The van der Waals surface area contributed by atoms with Crippen LogP contribution in [0.5, 0.6) is 0 Å². The van der Waals surface area contributed by atoms with Gasteiger partial charge < -0.3 is 10.3 Å². The maximum Gasteiger partial charge on any atom is 0.0454 e. The van der Waals surface area contributed by atoms with Gasteiger partial charge in [0.1, 0.15) is 0 Å². The fourth-order valence-electron chi connectivity index (χ4n) is 3.95. The second-order valence-corrected chi connectivity index (χ2v) is 6.99. The summed E-state index contributed by atoms with van der Waals surface area (Å²) in [6.07, 6.45) is 6.92. The minimum Gasteiger partial charge on any atom is -0.361 e. The van der Waals surface area contributed by atoms with Crippen molar-refractivity contribution in [2.75, 3.05) is 13.1 Å². The van der Waals surface area contributed by atoms with Gasteiger partial charge in [0.05, 0.1) is 0 Å². The normalized spacial score (nSPS) is 21.0. The van der Waals surface area contributed by atoms with E-state index in [2.05, 4.69) is 64.9 Å². The second-order valence-electron chi connectivity index (χ2n) is 6.99. The largest absolute Gasteiger partial charge is 0.361 e. The third-order valence-electron chi connectivity index (χ3n) is 5.32. The predicted molar refractivity (Wildman–Crippen MR) is 96.7 cm³/mol. The molecule has 1 fully saturated rings. The van der Waals surface area contributed by atoms with E-state index in [9.17, 15) is 0 Å². The Balaban J connectivity index is 1.52. The van der Waals surface area contributed by atoms with Crippen LogP contribution in [0.1, 0.15) is 24.0 Å². The lowest BCUT2D eigenvalue weighted by atomic mass is 9.76. The highest BCUT2D eigenvalue weighted by atomic mass is 14.9. The lowest BCUT2D eigenvalue weighted by molar-refractivity contribution is 0.294. The van der Waals surface area contributed by atoms with Crippen LogP contribution in [0.15, 0.2) is 60.8 Å². The molecule has 2 nitrogen and oxygen atoms in total. The zero-order chi connectivity index (χ0) is 15.5. The average Bonchev–Trinajstić information content (AvgIpc) is 3.23. The van der Waals surface area contributed by atoms with Crippen molar-refractivity contribution in [3.05, 3.63) is 71.9 Å². The molecule has 3 aromatic rings. The number of nitrogens with one attached hydrogen (secondary N) is 2. The number of aryl methyl sites for hydroxylation is 1. The minimum atomic E-state index is 0.403. The van der Waals surface area contributed by atoms with E-state index in [0.717, 1.165) is 13.1 Å². The molecule has 0 saturated carbocycles. The fourth-order valence-corrected chi connectivity index (χ4v) is 3.95. The molecule has 0 aliphatic carbocycles. The molecule has 1 unspecified atom stereocenters. The average molecular weight is 304 g/mol. The number of benzene rings is 2. The molecular formula is C21H24N2. The number of fused-ring (bicyclic) bond motifs is 1. The molecule has 2 aromatic carbocycles. The highest BCUT2D eigenvalue weighted by Crippen LogP contribution is 2.35. The van der Waals surface area contributed by atoms with Crippen LogP contribution in [0.2, 0.25) is 0 Å². The summed E-state index contributed by atoms with van der Waals surface area (Å²) in [6, 6.07) is 19.9. The van der Waals surface area contributed by atoms with Crippen molar-refractivity contribution in [2.45, 2.75) is 25.7 Å². The van der Waals surface area contributed by atoms with E-state index in [0.29, 0.717) is 5.41 Å². The molecule has 2 heteroatoms. The fraction of sp³-hybridized carbons (Fsp3) is 0.333. The maximum absolute atomic E-state index is 3.60. The smallest absolute Gasteiger partial charge is 0.0454 e. The topological polar surface area (TPSA) is 27.8 Å². The van der Waals surface area contributed by atoms with Crippen molar-refractivity contribution in [2.24, 2.45) is 5.41 Å². The number of aromatic amines is 1. The summed E-state index contributed by atoms with van der Waals surface area (Å²) in [5.74, 6) is 0. The standard InChI is InChI=1S/C21H24N2/c1-2-4-17(5-3-1)8-10-21(11-13-22-16-21)15-18-6-7-20-19(14-18)9-12-23-20/h1-7,9,12,14,22-23H,8,10-11,13,15-16H2. The number of hydrogen-bond acceptors (Lipinski definition) is 1. The molecule has 1 aliphatic heterocycles. The first-order valence-electron chi connectivity index (χ1n) is 8.64. The first-order chi connectivity index (χ1) is 11.3. The van der Waals surface area contributed by atoms with Crippen molar-refractivity contribution in [3.63, 3.8) is 0 Å². The summed E-state index contributed by atoms with van der Waals surface area (Å²) in [7, 11) is 0. The number of H-pyrrole nitrogens is 1. The van der Waals surface area contributed by atoms with Gasteiger partial charge in [-0.1, -0.05) is 36.4 Å². The molecule has 2 heterocycles. The van der Waals surface area contributed by atoms with Crippen molar-refractivity contribution < 1.29 is 0 Å². The molecule has 1 aliphatic rings. The highest BCUT2D eigenvalue weighted by Gasteiger charge is 2.33. The van der Waals surface area contributed by atoms with Gasteiger partial charge in [0.2, 0.25) is 0 Å². The summed E-state index contributed by atoms with van der Waals surface area (Å²) in [4.78, 5) is 3.28. The van der Waals surface area contributed by atoms with Crippen LogP contribution in [0, 0.1) is 5.41 Å². The Morgan fingerprint density at radius 1 is 0.957 bits per heavy atom. The molecular weight excluding hydrogens is 280 g/mol. The third-order valence-corrected chi connectivity index (χ3v) is 5.32. The van der Waals surface area contributed by atoms with E-state index < -0.39 is 0 Å². The molecule has 4 rings (SSSR count). The van der Waals surface area contributed by atoms with Crippen LogP contribution in [-0.2, 0) is 12.8 Å². The van der Waals surface area contributed by atoms with Crippen LogP contribution in [0.25, 0.3) is 10.9 Å². The molecule has 0 radical (unpaired) electrons. The zero-order valence-corrected chi connectivity index (χ0v) is 13.5. The van der Waals surface area contributed by atoms with Crippen molar-refractivity contribution >= 4 is 10.9 Å². The Morgan fingerprint density at radius 2 is 1.87 bits per heavy atom. The van der Waals surface area contributed by atoms with Crippen molar-refractivity contribution in [1.82, 2.24) is 10.3 Å². The Kier molecular flexibility index (Phi) is 3.92. The molecule has 0 bridgehead atoms. The Bertz CT molecular complexity index is 767. The zero-order valence-electron chi connectivity index (χ0n) is 13.5. The molecule has 0 spiro atoms. The molecule has 23 heavy (non-hydrogen) atoms. The minimum absolute atomic E-state index is 0.403. The first kappa shape index (κ1) is 14.5. The molecule has 2 N–H and O–H groups in total. The van der Waals surface area contributed by atoms with Gasteiger partial charge in [-0.2, -0.15) is 0 Å². The lowest BCUT2D eigenvalue weighted by Gasteiger charge is -2.28. The van der Waals surface area contributed by atoms with Gasteiger partial charge in [-0.15, -0.1) is 0 Å². The second kappa shape index (κ2) is 6.21. The molecule has 118 valence electrons. The highest BCUT2D eigenvalue weighted by molar-refractivity contribution is 5.79. The van der Waals surface area contributed by atoms with E-state index in [4.69, 9.17) is 0 Å². The van der Waals surface area contributed by atoms with E-state index in [1.165, 1.54) is 47.7 Å². The number of hydrogen-bond donors (Lipinski definition) is 2. The van der Waals surface area contributed by atoms with Crippen LogP contribution in [-0.4, -0.2) is 18.1 Å². The Labute approximate surface area is 137 Å². The van der Waals surface area contributed by atoms with Gasteiger partial charge in [-0.05, 0) is 72.4 Å². The number of rotatable bonds is 5. The van der Waals surface area contributed by atoms with Gasteiger partial charge in [-0.25, -0.2) is 0 Å². The van der Waals surface area contributed by atoms with E-state index >= 15 is 0 Å². The molecule has 0 amide bonds. The Hall–Kier alpha value is -2.06. The van der Waals surface area contributed by atoms with Crippen LogP contribution >= 0.6 is 0 Å². The maximum atomic E-state index is 3.60. The SMILES string of the molecule is c1ccc(CCC2(Cc3ccc4[nH]ccc4c3)CCNC2)cc1. The summed E-state index contributed by atoms with van der Waals surface area (Å²) in [5.41, 5.74) is 4.56. The van der Waals surface area contributed by atoms with E-state index in [1.807, 2.05) is 6.20 Å². The van der Waals surface area contributed by atoms with Gasteiger partial charge in [0.25, 0.3) is 0 Å². The molecule has 1 aromatic heterocycles. The lowest BCUT2D eigenvalue weighted by Crippen LogP contribution is -2.27. The molecule has 1 atom stereocenters. The predicted octanol–water partition coefficient (Wildman–Crippen LogP) is 4.32. The van der Waals surface area contributed by atoms with Gasteiger partial charge in [0, 0.05) is 18.3 Å². The monoisotopic (exact) mass is 304 g/mol. The first-order valence-corrected chi connectivity index (χ1v) is 8.64. The van der Waals surface area contributed by atoms with Crippen LogP contribution in [0.3, 0.4) is 0 Å². The molecule has 1 saturated heterocycles. The number of aromatic nitrogens is 1. The summed E-state index contributed by atoms with van der Waals surface area (Å²) >= 11 is 0.